The zero-order valence-electron chi connectivity index (χ0n) is 19.6. The number of nitrogens with zero attached hydrogens (tertiary/aromatic N) is 2. The van der Waals surface area contributed by atoms with Gasteiger partial charge in [-0.3, -0.25) is 14.5 Å². The molecule has 5 rings (SSSR count). The van der Waals surface area contributed by atoms with Crippen LogP contribution < -0.4 is 21.8 Å². The zero-order valence-corrected chi connectivity index (χ0v) is 20.3. The lowest BCUT2D eigenvalue weighted by atomic mass is 10.0. The maximum absolute atomic E-state index is 13.5. The van der Waals surface area contributed by atoms with E-state index >= 15 is 0 Å². The van der Waals surface area contributed by atoms with Crippen LogP contribution in [0.3, 0.4) is 0 Å². The average molecular weight is 508 g/mol. The van der Waals surface area contributed by atoms with Gasteiger partial charge in [-0.05, 0) is 41.5 Å². The molecule has 0 saturated carbocycles. The molecule has 186 valence electrons. The molecule has 0 atom stereocenters. The van der Waals surface area contributed by atoms with E-state index < -0.39 is 11.9 Å². The van der Waals surface area contributed by atoms with Crippen LogP contribution in [0.2, 0.25) is 5.02 Å². The van der Waals surface area contributed by atoms with Crippen molar-refractivity contribution in [3.05, 3.63) is 86.3 Å². The summed E-state index contributed by atoms with van der Waals surface area (Å²) in [5, 5.41) is 7.35. The molecule has 3 amide bonds. The van der Waals surface area contributed by atoms with Gasteiger partial charge >= 0.3 is 6.03 Å². The fraction of sp³-hybridized carbons (Fsp3) is 0.269. The number of nitrogens with two attached hydrogens (primary N) is 1. The molecular formula is C26H26ClN5O4. The predicted molar refractivity (Wildman–Crippen MR) is 138 cm³/mol. The van der Waals surface area contributed by atoms with Crippen molar-refractivity contribution in [2.45, 2.75) is 19.6 Å². The largest absolute Gasteiger partial charge is 0.379 e. The van der Waals surface area contributed by atoms with E-state index in [1.54, 1.807) is 16.5 Å². The first kappa shape index (κ1) is 24.1. The zero-order chi connectivity index (χ0) is 25.2. The summed E-state index contributed by atoms with van der Waals surface area (Å²) in [4.78, 5) is 40.3. The molecular weight excluding hydrogens is 482 g/mol. The second-order valence-electron chi connectivity index (χ2n) is 8.87. The molecule has 0 spiro atoms. The number of primary amides is 1. The van der Waals surface area contributed by atoms with E-state index in [4.69, 9.17) is 22.1 Å². The van der Waals surface area contributed by atoms with Crippen LogP contribution in [0.25, 0.3) is 16.3 Å². The van der Waals surface area contributed by atoms with Crippen molar-refractivity contribution in [1.29, 1.82) is 0 Å². The molecule has 9 nitrogen and oxygen atoms in total. The van der Waals surface area contributed by atoms with Gasteiger partial charge in [-0.1, -0.05) is 23.7 Å². The monoisotopic (exact) mass is 507 g/mol. The lowest BCUT2D eigenvalue weighted by molar-refractivity contribution is 0.0342. The fourth-order valence-electron chi connectivity index (χ4n) is 4.61. The highest BCUT2D eigenvalue weighted by Crippen LogP contribution is 2.26. The third kappa shape index (κ3) is 4.99. The Balaban J connectivity index is 1.54. The lowest BCUT2D eigenvalue weighted by Crippen LogP contribution is -2.35. The van der Waals surface area contributed by atoms with Crippen LogP contribution in [0.15, 0.2) is 53.5 Å². The van der Waals surface area contributed by atoms with E-state index in [2.05, 4.69) is 15.5 Å². The molecule has 0 radical (unpaired) electrons. The van der Waals surface area contributed by atoms with E-state index in [0.717, 1.165) is 29.6 Å². The number of hydrogen-bond donors (Lipinski definition) is 3. The van der Waals surface area contributed by atoms with Gasteiger partial charge in [0.15, 0.2) is 0 Å². The number of hydrogen-bond acceptors (Lipinski definition) is 5. The molecule has 1 aliphatic heterocycles. The molecule has 0 unspecified atom stereocenters. The Morgan fingerprint density at radius 1 is 1.00 bits per heavy atom. The van der Waals surface area contributed by atoms with E-state index in [1.165, 1.54) is 6.20 Å². The van der Waals surface area contributed by atoms with Crippen molar-refractivity contribution < 1.29 is 14.3 Å². The third-order valence-electron chi connectivity index (χ3n) is 6.38. The van der Waals surface area contributed by atoms with Crippen LogP contribution in [-0.2, 0) is 24.4 Å². The topological polar surface area (TPSA) is 118 Å². The highest BCUT2D eigenvalue weighted by atomic mass is 35.5. The minimum atomic E-state index is -0.655. The van der Waals surface area contributed by atoms with E-state index in [9.17, 15) is 14.4 Å². The number of pyridine rings is 1. The number of benzene rings is 2. The number of carbonyl (C=O) groups excluding carboxylic acids is 2. The highest BCUT2D eigenvalue weighted by molar-refractivity contribution is 6.30. The first-order valence-corrected chi connectivity index (χ1v) is 12.1. The average Bonchev–Trinajstić information content (AvgIpc) is 3.22. The molecule has 0 aliphatic carbocycles. The minimum Gasteiger partial charge on any atom is -0.379 e. The van der Waals surface area contributed by atoms with E-state index in [1.807, 2.05) is 30.3 Å². The smallest absolute Gasteiger partial charge is 0.312 e. The van der Waals surface area contributed by atoms with Crippen LogP contribution in [0.4, 0.5) is 4.79 Å². The molecule has 36 heavy (non-hydrogen) atoms. The fourth-order valence-corrected chi connectivity index (χ4v) is 4.73. The summed E-state index contributed by atoms with van der Waals surface area (Å²) in [5.41, 5.74) is 8.23. The van der Waals surface area contributed by atoms with Gasteiger partial charge < -0.3 is 25.5 Å². The van der Waals surface area contributed by atoms with Crippen molar-refractivity contribution >= 4 is 39.8 Å². The summed E-state index contributed by atoms with van der Waals surface area (Å²) >= 11 is 5.94. The standard InChI is InChI=1S/C26H26ClN5O4/c27-19-3-1-16(2-4-19)12-29-25(34)22-15-32-20(13-30-26(28)35)11-18-9-17(10-21(23(18)32)24(22)33)14-31-5-7-36-8-6-31/h1-4,9-11,15H,5-8,12-14H2,(H,29,34)(H3,28,30,35). The first-order valence-electron chi connectivity index (χ1n) is 11.7. The second kappa shape index (κ2) is 10.1. The van der Waals surface area contributed by atoms with Crippen LogP contribution in [0, 0.1) is 0 Å². The minimum absolute atomic E-state index is 0.0258. The van der Waals surface area contributed by atoms with E-state index in [0.29, 0.717) is 41.4 Å². The Kier molecular flexibility index (Phi) is 6.77. The molecule has 2 aromatic heterocycles. The number of urea groups is 1. The number of nitrogens with one attached hydrogen (secondary N) is 2. The number of amides is 3. The quantitative estimate of drug-likeness (QED) is 0.355. The van der Waals surface area contributed by atoms with Gasteiger partial charge in [-0.25, -0.2) is 4.79 Å². The second-order valence-corrected chi connectivity index (χ2v) is 9.31. The molecule has 3 heterocycles. The Morgan fingerprint density at radius 2 is 1.75 bits per heavy atom. The summed E-state index contributed by atoms with van der Waals surface area (Å²) in [6.45, 7) is 4.06. The number of rotatable bonds is 7. The maximum atomic E-state index is 13.5. The van der Waals surface area contributed by atoms with Gasteiger partial charge in [0.2, 0.25) is 5.43 Å². The number of ether oxygens (including phenoxy) is 1. The SMILES string of the molecule is NC(=O)NCc1cc2cc(CN3CCOCC3)cc3c(=O)c(C(=O)NCc4ccc(Cl)cc4)cn1c23. The van der Waals surface area contributed by atoms with Crippen molar-refractivity contribution in [2.24, 2.45) is 5.73 Å². The summed E-state index contributed by atoms with van der Waals surface area (Å²) in [7, 11) is 0. The summed E-state index contributed by atoms with van der Waals surface area (Å²) in [6.07, 6.45) is 1.54. The number of morpholine rings is 1. The Labute approximate surface area is 212 Å². The molecule has 2 aromatic carbocycles. The van der Waals surface area contributed by atoms with Gasteiger partial charge in [0.25, 0.3) is 5.91 Å². The molecule has 4 N–H and O–H groups in total. The first-order chi connectivity index (χ1) is 17.4. The Bertz CT molecular complexity index is 1480. The van der Waals surface area contributed by atoms with Gasteiger partial charge in [0.05, 0.1) is 25.3 Å². The number of halogens is 1. The predicted octanol–water partition coefficient (Wildman–Crippen LogP) is 2.47. The molecule has 10 heteroatoms. The molecule has 1 saturated heterocycles. The van der Waals surface area contributed by atoms with Crippen LogP contribution >= 0.6 is 11.6 Å². The van der Waals surface area contributed by atoms with Gasteiger partial charge in [-0.15, -0.1) is 0 Å². The Hall–Kier alpha value is -3.66. The van der Waals surface area contributed by atoms with Crippen molar-refractivity contribution in [3.8, 4) is 0 Å². The lowest BCUT2D eigenvalue weighted by Gasteiger charge is -2.26. The number of aromatic nitrogens is 1. The van der Waals surface area contributed by atoms with Crippen molar-refractivity contribution in [2.75, 3.05) is 26.3 Å². The van der Waals surface area contributed by atoms with Gasteiger partial charge in [0, 0.05) is 53.9 Å². The summed E-state index contributed by atoms with van der Waals surface area (Å²) < 4.78 is 7.23. The van der Waals surface area contributed by atoms with Crippen molar-refractivity contribution in [3.63, 3.8) is 0 Å². The molecule has 0 bridgehead atoms. The van der Waals surface area contributed by atoms with Crippen LogP contribution in [0.5, 0.6) is 0 Å². The number of carbonyl (C=O) groups is 2. The van der Waals surface area contributed by atoms with Crippen LogP contribution in [-0.4, -0.2) is 47.5 Å². The Morgan fingerprint density at radius 3 is 2.47 bits per heavy atom. The van der Waals surface area contributed by atoms with Crippen LogP contribution in [0.1, 0.15) is 27.2 Å². The van der Waals surface area contributed by atoms with Crippen molar-refractivity contribution in [1.82, 2.24) is 19.9 Å². The highest BCUT2D eigenvalue weighted by Gasteiger charge is 2.20. The molecule has 1 fully saturated rings. The van der Waals surface area contributed by atoms with E-state index in [-0.39, 0.29) is 24.1 Å². The summed E-state index contributed by atoms with van der Waals surface area (Å²) in [5.74, 6) is -0.477. The molecule has 1 aliphatic rings. The summed E-state index contributed by atoms with van der Waals surface area (Å²) in [6, 6.07) is 12.3. The normalized spacial score (nSPS) is 14.4. The third-order valence-corrected chi connectivity index (χ3v) is 6.64. The van der Waals surface area contributed by atoms with Gasteiger partial charge in [-0.2, -0.15) is 0 Å². The van der Waals surface area contributed by atoms with Gasteiger partial charge in [0.1, 0.15) is 5.56 Å². The maximum Gasteiger partial charge on any atom is 0.312 e. The molecule has 4 aromatic rings.